The molecular formula is C24H27NO2. The minimum absolute atomic E-state index is 0.168. The van der Waals surface area contributed by atoms with E-state index in [0.29, 0.717) is 17.7 Å². The molecule has 0 N–H and O–H groups in total. The molecule has 0 atom stereocenters. The van der Waals surface area contributed by atoms with Crippen molar-refractivity contribution in [1.82, 2.24) is 4.90 Å². The zero-order valence-corrected chi connectivity index (χ0v) is 16.0. The van der Waals surface area contributed by atoms with Gasteiger partial charge in [0.15, 0.2) is 0 Å². The summed E-state index contributed by atoms with van der Waals surface area (Å²) in [6.07, 6.45) is 6.77. The molecule has 27 heavy (non-hydrogen) atoms. The lowest BCUT2D eigenvalue weighted by Crippen LogP contribution is -2.32. The average molecular weight is 361 g/mol. The second kappa shape index (κ2) is 9.31. The van der Waals surface area contributed by atoms with Crippen LogP contribution in [0.5, 0.6) is 0 Å². The number of hydrogen-bond acceptors (Lipinski definition) is 2. The number of hydrogen-bond donors (Lipinski definition) is 0. The van der Waals surface area contributed by atoms with E-state index >= 15 is 0 Å². The van der Waals surface area contributed by atoms with E-state index in [9.17, 15) is 9.59 Å². The lowest BCUT2D eigenvalue weighted by Gasteiger charge is -2.15. The summed E-state index contributed by atoms with van der Waals surface area (Å²) in [6.45, 7) is 2.69. The summed E-state index contributed by atoms with van der Waals surface area (Å²) in [5.41, 5.74) is 2.66. The van der Waals surface area contributed by atoms with E-state index in [2.05, 4.69) is 6.92 Å². The lowest BCUT2D eigenvalue weighted by molar-refractivity contribution is -0.136. The normalized spacial score (nSPS) is 14.3. The second-order valence-electron chi connectivity index (χ2n) is 7.01. The van der Waals surface area contributed by atoms with Gasteiger partial charge in [0, 0.05) is 6.54 Å². The highest BCUT2D eigenvalue weighted by molar-refractivity contribution is 6.48. The van der Waals surface area contributed by atoms with Crippen LogP contribution in [0, 0.1) is 0 Å². The maximum atomic E-state index is 13.1. The molecule has 0 saturated heterocycles. The molecule has 0 fully saturated rings. The molecule has 0 unspecified atom stereocenters. The van der Waals surface area contributed by atoms with Gasteiger partial charge in [-0.3, -0.25) is 14.5 Å². The molecule has 0 spiro atoms. The summed E-state index contributed by atoms with van der Waals surface area (Å²) in [5, 5.41) is 0. The Kier molecular flexibility index (Phi) is 6.59. The van der Waals surface area contributed by atoms with Gasteiger partial charge >= 0.3 is 0 Å². The largest absolute Gasteiger partial charge is 0.274 e. The smallest absolute Gasteiger partial charge is 0.262 e. The first-order valence-electron chi connectivity index (χ1n) is 9.95. The maximum absolute atomic E-state index is 13.1. The van der Waals surface area contributed by atoms with Crippen molar-refractivity contribution in [3.8, 4) is 0 Å². The number of carbonyl (C=O) groups excluding carboxylic acids is 2. The summed E-state index contributed by atoms with van der Waals surface area (Å²) in [6, 6.07) is 19.0. The standard InChI is InChI=1S/C24H27NO2/c1-2-3-4-5-6-13-18-25-23(26)21(19-14-9-7-10-15-19)22(24(25)27)20-16-11-8-12-17-20/h7-12,14-17H,2-6,13,18H2,1H3. The molecule has 0 aromatic heterocycles. The Hall–Kier alpha value is -2.68. The van der Waals surface area contributed by atoms with Crippen LogP contribution in [0.15, 0.2) is 60.7 Å². The fraction of sp³-hybridized carbons (Fsp3) is 0.333. The summed E-state index contributed by atoms with van der Waals surface area (Å²) in [7, 11) is 0. The third-order valence-electron chi connectivity index (χ3n) is 5.03. The van der Waals surface area contributed by atoms with Crippen LogP contribution < -0.4 is 0 Å². The quantitative estimate of drug-likeness (QED) is 0.447. The Morgan fingerprint density at radius 2 is 1.07 bits per heavy atom. The molecule has 3 rings (SSSR count). The molecule has 0 radical (unpaired) electrons. The lowest BCUT2D eigenvalue weighted by atomic mass is 9.96. The van der Waals surface area contributed by atoms with Crippen molar-refractivity contribution < 1.29 is 9.59 Å². The molecule has 0 saturated carbocycles. The first kappa shape index (κ1) is 19.1. The Morgan fingerprint density at radius 3 is 1.56 bits per heavy atom. The minimum Gasteiger partial charge on any atom is -0.274 e. The zero-order valence-electron chi connectivity index (χ0n) is 16.0. The highest BCUT2D eigenvalue weighted by Gasteiger charge is 2.38. The van der Waals surface area contributed by atoms with Crippen LogP contribution in [0.3, 0.4) is 0 Å². The van der Waals surface area contributed by atoms with Gasteiger partial charge in [-0.15, -0.1) is 0 Å². The number of unbranched alkanes of at least 4 members (excludes halogenated alkanes) is 5. The van der Waals surface area contributed by atoms with Crippen molar-refractivity contribution in [3.05, 3.63) is 71.8 Å². The Labute approximate surface area is 161 Å². The number of rotatable bonds is 9. The number of amides is 2. The van der Waals surface area contributed by atoms with E-state index in [-0.39, 0.29) is 11.8 Å². The Bertz CT molecular complexity index is 747. The van der Waals surface area contributed by atoms with Crippen molar-refractivity contribution >= 4 is 23.0 Å². The first-order chi connectivity index (χ1) is 13.2. The molecular weight excluding hydrogens is 334 g/mol. The van der Waals surface area contributed by atoms with Gasteiger partial charge in [-0.2, -0.15) is 0 Å². The van der Waals surface area contributed by atoms with Crippen molar-refractivity contribution in [2.75, 3.05) is 6.54 Å². The van der Waals surface area contributed by atoms with Gasteiger partial charge in [-0.1, -0.05) is 99.7 Å². The fourth-order valence-corrected chi connectivity index (χ4v) is 3.57. The number of imide groups is 1. The van der Waals surface area contributed by atoms with Gasteiger partial charge in [0.05, 0.1) is 11.1 Å². The SMILES string of the molecule is CCCCCCCCN1C(=O)C(c2ccccc2)=C(c2ccccc2)C1=O. The molecule has 3 nitrogen and oxygen atoms in total. The monoisotopic (exact) mass is 361 g/mol. The highest BCUT2D eigenvalue weighted by Crippen LogP contribution is 2.35. The average Bonchev–Trinajstić information content (AvgIpc) is 2.96. The van der Waals surface area contributed by atoms with Crippen LogP contribution in [0.25, 0.3) is 11.1 Å². The molecule has 1 aliphatic rings. The van der Waals surface area contributed by atoms with Crippen LogP contribution in [0.2, 0.25) is 0 Å². The third-order valence-corrected chi connectivity index (χ3v) is 5.03. The van der Waals surface area contributed by atoms with E-state index in [1.807, 2.05) is 60.7 Å². The minimum atomic E-state index is -0.168. The molecule has 0 aliphatic carbocycles. The molecule has 2 amide bonds. The first-order valence-corrected chi connectivity index (χ1v) is 9.95. The summed E-state index contributed by atoms with van der Waals surface area (Å²) < 4.78 is 0. The number of benzene rings is 2. The summed E-state index contributed by atoms with van der Waals surface area (Å²) >= 11 is 0. The van der Waals surface area contributed by atoms with Crippen LogP contribution in [-0.4, -0.2) is 23.3 Å². The highest BCUT2D eigenvalue weighted by atomic mass is 16.2. The predicted octanol–water partition coefficient (Wildman–Crippen LogP) is 5.33. The van der Waals surface area contributed by atoms with Crippen molar-refractivity contribution in [3.63, 3.8) is 0 Å². The predicted molar refractivity (Wildman–Crippen MR) is 110 cm³/mol. The van der Waals surface area contributed by atoms with Crippen molar-refractivity contribution in [2.24, 2.45) is 0 Å². The van der Waals surface area contributed by atoms with Crippen LogP contribution in [0.4, 0.5) is 0 Å². The van der Waals surface area contributed by atoms with Crippen LogP contribution in [-0.2, 0) is 9.59 Å². The maximum Gasteiger partial charge on any atom is 0.262 e. The number of carbonyl (C=O) groups is 2. The molecule has 0 bridgehead atoms. The van der Waals surface area contributed by atoms with Crippen LogP contribution >= 0.6 is 0 Å². The van der Waals surface area contributed by atoms with E-state index in [1.165, 1.54) is 24.2 Å². The summed E-state index contributed by atoms with van der Waals surface area (Å²) in [5.74, 6) is -0.336. The van der Waals surface area contributed by atoms with Crippen molar-refractivity contribution in [2.45, 2.75) is 45.4 Å². The van der Waals surface area contributed by atoms with Gasteiger partial charge in [-0.25, -0.2) is 0 Å². The molecule has 140 valence electrons. The third kappa shape index (κ3) is 4.36. The van der Waals surface area contributed by atoms with E-state index in [1.54, 1.807) is 0 Å². The Morgan fingerprint density at radius 1 is 0.630 bits per heavy atom. The van der Waals surface area contributed by atoms with Crippen molar-refractivity contribution in [1.29, 1.82) is 0 Å². The molecule has 2 aromatic rings. The Balaban J connectivity index is 1.82. The molecule has 3 heteroatoms. The zero-order chi connectivity index (χ0) is 19.1. The second-order valence-corrected chi connectivity index (χ2v) is 7.01. The summed E-state index contributed by atoms with van der Waals surface area (Å²) in [4.78, 5) is 27.7. The van der Waals surface area contributed by atoms with Gasteiger partial charge < -0.3 is 0 Å². The van der Waals surface area contributed by atoms with Crippen LogP contribution in [0.1, 0.15) is 56.6 Å². The van der Waals surface area contributed by atoms with E-state index in [4.69, 9.17) is 0 Å². The molecule has 1 aliphatic heterocycles. The fourth-order valence-electron chi connectivity index (χ4n) is 3.57. The van der Waals surface area contributed by atoms with Gasteiger partial charge in [0.2, 0.25) is 0 Å². The molecule has 1 heterocycles. The van der Waals surface area contributed by atoms with Gasteiger partial charge in [0.1, 0.15) is 0 Å². The number of nitrogens with zero attached hydrogens (tertiary/aromatic N) is 1. The topological polar surface area (TPSA) is 37.4 Å². The van der Waals surface area contributed by atoms with Gasteiger partial charge in [-0.05, 0) is 17.5 Å². The molecule has 2 aromatic carbocycles. The van der Waals surface area contributed by atoms with E-state index in [0.717, 1.165) is 30.4 Å². The van der Waals surface area contributed by atoms with Gasteiger partial charge in [0.25, 0.3) is 11.8 Å². The van der Waals surface area contributed by atoms with E-state index < -0.39 is 0 Å².